The number of aliphatic imine (C=N–C) groups is 1. The lowest BCUT2D eigenvalue weighted by Crippen LogP contribution is -2.14. The third kappa shape index (κ3) is 2.23. The average molecular weight is 353 g/mol. The van der Waals surface area contributed by atoms with Crippen molar-refractivity contribution in [2.24, 2.45) is 10.7 Å². The van der Waals surface area contributed by atoms with Crippen molar-refractivity contribution in [3.8, 4) is 11.1 Å². The molecule has 2 aromatic heterocycles. The molecule has 0 spiro atoms. The molecule has 0 bridgehead atoms. The second-order valence-electron chi connectivity index (χ2n) is 6.42. The van der Waals surface area contributed by atoms with E-state index >= 15 is 0 Å². The van der Waals surface area contributed by atoms with Gasteiger partial charge in [0.2, 0.25) is 0 Å². The van der Waals surface area contributed by atoms with E-state index in [1.807, 2.05) is 60.8 Å². The number of primary amides is 1. The Balaban J connectivity index is 1.94. The van der Waals surface area contributed by atoms with E-state index in [0.717, 1.165) is 39.2 Å². The number of carbonyl (C=O) groups is 1. The Morgan fingerprint density at radius 1 is 0.963 bits per heavy atom. The lowest BCUT2D eigenvalue weighted by molar-refractivity contribution is 0.100. The fourth-order valence-corrected chi connectivity index (χ4v) is 3.55. The molecule has 27 heavy (non-hydrogen) atoms. The zero-order valence-electron chi connectivity index (χ0n) is 14.3. The molecule has 0 saturated heterocycles. The van der Waals surface area contributed by atoms with Crippen molar-refractivity contribution in [3.63, 3.8) is 0 Å². The average Bonchev–Trinajstić information content (AvgIpc) is 3.04. The van der Waals surface area contributed by atoms with Gasteiger partial charge < -0.3 is 11.5 Å². The van der Waals surface area contributed by atoms with Gasteiger partial charge in [-0.15, -0.1) is 0 Å². The van der Waals surface area contributed by atoms with Gasteiger partial charge in [0.05, 0.1) is 28.7 Å². The molecule has 0 unspecified atom stereocenters. The Bertz CT molecular complexity index is 1250. The second-order valence-corrected chi connectivity index (χ2v) is 6.42. The summed E-state index contributed by atoms with van der Waals surface area (Å²) >= 11 is 0. The molecular weight excluding hydrogens is 338 g/mol. The minimum atomic E-state index is -0.516. The van der Waals surface area contributed by atoms with Crippen LogP contribution in [0.3, 0.4) is 0 Å². The van der Waals surface area contributed by atoms with Crippen LogP contribution in [0, 0.1) is 0 Å². The predicted molar refractivity (Wildman–Crippen MR) is 105 cm³/mol. The molecule has 0 atom stereocenters. The molecule has 4 N–H and O–H groups in total. The standard InChI is InChI=1S/C21H15N5O/c22-13-7-5-12(6-8-13)19-15-9-10-26-20(15)18(16(11-24-26)21(23)27)14-3-1-2-4-17(14)25-19/h1-11H,22H2,(H2,23,27). The summed E-state index contributed by atoms with van der Waals surface area (Å²) in [6.07, 6.45) is 3.37. The Kier molecular flexibility index (Phi) is 3.14. The third-order valence-corrected chi connectivity index (χ3v) is 4.79. The Hall–Kier alpha value is -3.93. The molecule has 1 aliphatic rings. The van der Waals surface area contributed by atoms with E-state index in [4.69, 9.17) is 16.5 Å². The van der Waals surface area contributed by atoms with Crippen LogP contribution in [0.5, 0.6) is 0 Å². The summed E-state index contributed by atoms with van der Waals surface area (Å²) in [5.41, 5.74) is 18.4. The van der Waals surface area contributed by atoms with E-state index in [1.165, 1.54) is 6.20 Å². The van der Waals surface area contributed by atoms with Crippen LogP contribution in [0.25, 0.3) is 16.6 Å². The summed E-state index contributed by atoms with van der Waals surface area (Å²) in [5, 5.41) is 4.36. The second kappa shape index (κ2) is 5.54. The Morgan fingerprint density at radius 2 is 1.74 bits per heavy atom. The van der Waals surface area contributed by atoms with Crippen LogP contribution in [0.15, 0.2) is 72.0 Å². The first kappa shape index (κ1) is 15.3. The number of anilines is 1. The zero-order valence-corrected chi connectivity index (χ0v) is 14.3. The number of hydrogen-bond donors (Lipinski definition) is 2. The number of carbonyl (C=O) groups excluding carboxylic acids is 1. The topological polar surface area (TPSA) is 98.8 Å². The third-order valence-electron chi connectivity index (χ3n) is 4.79. The van der Waals surface area contributed by atoms with E-state index in [0.29, 0.717) is 11.3 Å². The van der Waals surface area contributed by atoms with Crippen molar-refractivity contribution in [3.05, 3.63) is 83.7 Å². The minimum Gasteiger partial charge on any atom is -0.399 e. The highest BCUT2D eigenvalue weighted by molar-refractivity contribution is 6.22. The molecule has 0 radical (unpaired) electrons. The minimum absolute atomic E-state index is 0.378. The van der Waals surface area contributed by atoms with Crippen LogP contribution in [0.2, 0.25) is 0 Å². The van der Waals surface area contributed by atoms with Gasteiger partial charge in [-0.05, 0) is 24.3 Å². The first-order valence-corrected chi connectivity index (χ1v) is 8.48. The molecule has 0 saturated carbocycles. The van der Waals surface area contributed by atoms with Gasteiger partial charge in [-0.3, -0.25) is 4.79 Å². The highest BCUT2D eigenvalue weighted by Crippen LogP contribution is 2.40. The number of nitrogens with two attached hydrogens (primary N) is 2. The summed E-state index contributed by atoms with van der Waals surface area (Å²) in [6, 6.07) is 17.3. The van der Waals surface area contributed by atoms with Gasteiger partial charge in [-0.2, -0.15) is 5.10 Å². The number of para-hydroxylation sites is 1. The molecule has 1 aliphatic heterocycles. The number of aromatic nitrogens is 2. The van der Waals surface area contributed by atoms with Gasteiger partial charge in [-0.1, -0.05) is 30.3 Å². The molecular formula is C21H15N5O. The van der Waals surface area contributed by atoms with Crippen LogP contribution in [-0.2, 0) is 0 Å². The SMILES string of the molecule is NC(=O)c1cnn2ccc3c2c1-c1ccccc1N=C3c1ccc(N)cc1. The summed E-state index contributed by atoms with van der Waals surface area (Å²) < 4.78 is 1.76. The van der Waals surface area contributed by atoms with Crippen LogP contribution >= 0.6 is 0 Å². The lowest BCUT2D eigenvalue weighted by Gasteiger charge is -2.10. The normalized spacial score (nSPS) is 12.4. The van der Waals surface area contributed by atoms with E-state index in [9.17, 15) is 4.79 Å². The first-order chi connectivity index (χ1) is 13.1. The molecule has 3 heterocycles. The maximum absolute atomic E-state index is 12.1. The van der Waals surface area contributed by atoms with Gasteiger partial charge in [0, 0.05) is 34.1 Å². The molecule has 4 aromatic rings. The van der Waals surface area contributed by atoms with Crippen LogP contribution in [-0.4, -0.2) is 21.2 Å². The fourth-order valence-electron chi connectivity index (χ4n) is 3.55. The highest BCUT2D eigenvalue weighted by Gasteiger charge is 2.25. The highest BCUT2D eigenvalue weighted by atomic mass is 16.1. The van der Waals surface area contributed by atoms with Gasteiger partial charge in [0.1, 0.15) is 0 Å². The number of fused-ring (bicyclic) bond motifs is 2. The summed E-state index contributed by atoms with van der Waals surface area (Å²) in [5.74, 6) is -0.516. The number of hydrogen-bond acceptors (Lipinski definition) is 4. The van der Waals surface area contributed by atoms with Crippen molar-refractivity contribution in [2.75, 3.05) is 5.73 Å². The van der Waals surface area contributed by atoms with E-state index in [2.05, 4.69) is 5.10 Å². The van der Waals surface area contributed by atoms with Crippen molar-refractivity contribution in [2.45, 2.75) is 0 Å². The number of rotatable bonds is 2. The van der Waals surface area contributed by atoms with Crippen molar-refractivity contribution < 1.29 is 4.79 Å². The molecule has 6 nitrogen and oxygen atoms in total. The predicted octanol–water partition coefficient (Wildman–Crippen LogP) is 3.16. The number of nitrogens with zero attached hydrogens (tertiary/aromatic N) is 3. The summed E-state index contributed by atoms with van der Waals surface area (Å²) in [4.78, 5) is 17.0. The maximum Gasteiger partial charge on any atom is 0.251 e. The van der Waals surface area contributed by atoms with Crippen molar-refractivity contribution >= 4 is 28.5 Å². The van der Waals surface area contributed by atoms with Gasteiger partial charge in [-0.25, -0.2) is 9.51 Å². The van der Waals surface area contributed by atoms with Gasteiger partial charge >= 0.3 is 0 Å². The van der Waals surface area contributed by atoms with Gasteiger partial charge in [0.15, 0.2) is 0 Å². The Morgan fingerprint density at radius 3 is 2.52 bits per heavy atom. The largest absolute Gasteiger partial charge is 0.399 e. The van der Waals surface area contributed by atoms with Crippen molar-refractivity contribution in [1.29, 1.82) is 0 Å². The number of benzene rings is 2. The molecule has 5 rings (SSSR count). The molecule has 0 aliphatic carbocycles. The number of amides is 1. The maximum atomic E-state index is 12.1. The summed E-state index contributed by atoms with van der Waals surface area (Å²) in [7, 11) is 0. The number of nitrogen functional groups attached to an aromatic ring is 1. The molecule has 130 valence electrons. The molecule has 6 heteroatoms. The van der Waals surface area contributed by atoms with Crippen LogP contribution in [0.4, 0.5) is 11.4 Å². The zero-order chi connectivity index (χ0) is 18.5. The van der Waals surface area contributed by atoms with Crippen LogP contribution in [0.1, 0.15) is 21.5 Å². The molecule has 2 aromatic carbocycles. The van der Waals surface area contributed by atoms with E-state index < -0.39 is 5.91 Å². The van der Waals surface area contributed by atoms with Crippen LogP contribution < -0.4 is 11.5 Å². The first-order valence-electron chi connectivity index (χ1n) is 8.48. The van der Waals surface area contributed by atoms with Gasteiger partial charge in [0.25, 0.3) is 5.91 Å². The monoisotopic (exact) mass is 353 g/mol. The lowest BCUT2D eigenvalue weighted by atomic mass is 9.96. The smallest absolute Gasteiger partial charge is 0.251 e. The Labute approximate surface area is 154 Å². The van der Waals surface area contributed by atoms with Crippen molar-refractivity contribution in [1.82, 2.24) is 9.61 Å². The van der Waals surface area contributed by atoms with E-state index in [1.54, 1.807) is 4.52 Å². The molecule has 1 amide bonds. The van der Waals surface area contributed by atoms with E-state index in [-0.39, 0.29) is 0 Å². The summed E-state index contributed by atoms with van der Waals surface area (Å²) in [6.45, 7) is 0. The fraction of sp³-hybridized carbons (Fsp3) is 0. The molecule has 0 fully saturated rings. The quantitative estimate of drug-likeness (QED) is 0.477.